The van der Waals surface area contributed by atoms with Gasteiger partial charge in [0, 0.05) is 27.3 Å². The number of benzene rings is 1. The second-order valence-electron chi connectivity index (χ2n) is 5.85. The minimum Gasteiger partial charge on any atom is -0.321 e. The summed E-state index contributed by atoms with van der Waals surface area (Å²) in [4.78, 5) is 18.4. The molecule has 0 aliphatic carbocycles. The molecule has 3 rings (SSSR count). The molecule has 0 saturated carbocycles. The molecule has 0 unspecified atom stereocenters. The smallest absolute Gasteiger partial charge is 0.265 e. The molecular formula is C18H16ClN3O3S2. The average Bonchev–Trinajstić information content (AvgIpc) is 2.95. The normalized spacial score (nSPS) is 11.2. The highest BCUT2D eigenvalue weighted by Gasteiger charge is 2.15. The second kappa shape index (κ2) is 7.67. The highest BCUT2D eigenvalue weighted by Crippen LogP contribution is 2.31. The van der Waals surface area contributed by atoms with Crippen LogP contribution in [-0.4, -0.2) is 25.6 Å². The van der Waals surface area contributed by atoms with Gasteiger partial charge in [-0.1, -0.05) is 17.7 Å². The number of pyridine rings is 1. The van der Waals surface area contributed by atoms with Crippen LogP contribution in [-0.2, 0) is 10.0 Å². The number of hydrogen-bond donors (Lipinski definition) is 2. The first kappa shape index (κ1) is 19.3. The molecule has 3 aromatic rings. The third-order valence-electron chi connectivity index (χ3n) is 3.54. The Morgan fingerprint density at radius 2 is 1.89 bits per heavy atom. The highest BCUT2D eigenvalue weighted by atomic mass is 35.5. The summed E-state index contributed by atoms with van der Waals surface area (Å²) in [6, 6.07) is 11.9. The Hall–Kier alpha value is -2.42. The van der Waals surface area contributed by atoms with Crippen LogP contribution in [0.1, 0.15) is 14.5 Å². The van der Waals surface area contributed by atoms with Gasteiger partial charge in [-0.15, -0.1) is 11.3 Å². The minimum absolute atomic E-state index is 0.275. The molecule has 0 aliphatic rings. The first-order valence-corrected chi connectivity index (χ1v) is 10.9. The van der Waals surface area contributed by atoms with Crippen molar-refractivity contribution in [1.29, 1.82) is 0 Å². The number of rotatable bonds is 5. The maximum Gasteiger partial charge on any atom is 0.265 e. The molecule has 0 saturated heterocycles. The van der Waals surface area contributed by atoms with Crippen molar-refractivity contribution in [3.63, 3.8) is 0 Å². The Bertz CT molecular complexity index is 1100. The molecule has 0 radical (unpaired) electrons. The van der Waals surface area contributed by atoms with Crippen molar-refractivity contribution in [3.8, 4) is 11.3 Å². The molecule has 2 aromatic heterocycles. The van der Waals surface area contributed by atoms with Gasteiger partial charge < -0.3 is 5.32 Å². The lowest BCUT2D eigenvalue weighted by molar-refractivity contribution is 0.103. The van der Waals surface area contributed by atoms with Gasteiger partial charge in [-0.3, -0.25) is 14.5 Å². The molecule has 0 atom stereocenters. The largest absolute Gasteiger partial charge is 0.321 e. The number of halogens is 1. The molecule has 1 aromatic carbocycles. The zero-order valence-corrected chi connectivity index (χ0v) is 16.9. The van der Waals surface area contributed by atoms with Gasteiger partial charge >= 0.3 is 0 Å². The highest BCUT2D eigenvalue weighted by molar-refractivity contribution is 7.92. The SMILES string of the molecule is Cc1sc(C(=O)Nc2cc(Cl)cc(NS(C)(=O)=O)c2)cc1-c1ccccn1. The van der Waals surface area contributed by atoms with E-state index in [1.807, 2.05) is 25.1 Å². The number of carbonyl (C=O) groups excluding carboxylic acids is 1. The number of hydrogen-bond acceptors (Lipinski definition) is 5. The Labute approximate surface area is 166 Å². The fourth-order valence-corrected chi connectivity index (χ4v) is 4.20. The van der Waals surface area contributed by atoms with Crippen molar-refractivity contribution in [2.24, 2.45) is 0 Å². The van der Waals surface area contributed by atoms with Crippen LogP contribution in [0, 0.1) is 6.92 Å². The van der Waals surface area contributed by atoms with Crippen LogP contribution < -0.4 is 10.0 Å². The number of amides is 1. The van der Waals surface area contributed by atoms with Crippen molar-refractivity contribution in [2.75, 3.05) is 16.3 Å². The van der Waals surface area contributed by atoms with Crippen LogP contribution in [0.4, 0.5) is 11.4 Å². The summed E-state index contributed by atoms with van der Waals surface area (Å²) in [5.74, 6) is -0.308. The molecule has 1 amide bonds. The summed E-state index contributed by atoms with van der Waals surface area (Å²) < 4.78 is 25.1. The Kier molecular flexibility index (Phi) is 5.50. The van der Waals surface area contributed by atoms with Gasteiger partial charge in [0.05, 0.1) is 22.5 Å². The quantitative estimate of drug-likeness (QED) is 0.639. The summed E-state index contributed by atoms with van der Waals surface area (Å²) in [5.41, 5.74) is 2.37. The summed E-state index contributed by atoms with van der Waals surface area (Å²) >= 11 is 7.38. The number of aromatic nitrogens is 1. The fraction of sp³-hybridized carbons (Fsp3) is 0.111. The molecule has 2 N–H and O–H groups in total. The second-order valence-corrected chi connectivity index (χ2v) is 9.29. The number of nitrogens with one attached hydrogen (secondary N) is 2. The van der Waals surface area contributed by atoms with Crippen LogP contribution in [0.15, 0.2) is 48.7 Å². The van der Waals surface area contributed by atoms with E-state index in [2.05, 4.69) is 15.0 Å². The lowest BCUT2D eigenvalue weighted by Crippen LogP contribution is -2.12. The van der Waals surface area contributed by atoms with Crippen molar-refractivity contribution in [2.45, 2.75) is 6.92 Å². The fourth-order valence-electron chi connectivity index (χ4n) is 2.50. The molecule has 140 valence electrons. The molecule has 2 heterocycles. The Morgan fingerprint density at radius 1 is 1.15 bits per heavy atom. The van der Waals surface area contributed by atoms with E-state index < -0.39 is 10.0 Å². The summed E-state index contributed by atoms with van der Waals surface area (Å²) in [6.45, 7) is 1.93. The first-order valence-electron chi connectivity index (χ1n) is 7.83. The van der Waals surface area contributed by atoms with E-state index in [4.69, 9.17) is 11.6 Å². The molecule has 9 heteroatoms. The maximum atomic E-state index is 12.6. The molecule has 0 spiro atoms. The average molecular weight is 422 g/mol. The summed E-state index contributed by atoms with van der Waals surface area (Å²) in [5, 5.41) is 3.05. The number of aryl methyl sites for hydroxylation is 1. The number of carbonyl (C=O) groups is 1. The summed E-state index contributed by atoms with van der Waals surface area (Å²) in [7, 11) is -3.45. The lowest BCUT2D eigenvalue weighted by atomic mass is 10.1. The van der Waals surface area contributed by atoms with Crippen LogP contribution in [0.2, 0.25) is 5.02 Å². The van der Waals surface area contributed by atoms with E-state index in [0.717, 1.165) is 22.4 Å². The van der Waals surface area contributed by atoms with Crippen LogP contribution >= 0.6 is 22.9 Å². The molecule has 27 heavy (non-hydrogen) atoms. The van der Waals surface area contributed by atoms with Gasteiger partial charge in [-0.25, -0.2) is 8.42 Å². The van der Waals surface area contributed by atoms with Gasteiger partial charge in [-0.2, -0.15) is 0 Å². The third-order valence-corrected chi connectivity index (χ3v) is 5.42. The topological polar surface area (TPSA) is 88.2 Å². The third kappa shape index (κ3) is 5.06. The van der Waals surface area contributed by atoms with Gasteiger partial charge in [0.1, 0.15) is 0 Å². The lowest BCUT2D eigenvalue weighted by Gasteiger charge is -2.09. The van der Waals surface area contributed by atoms with E-state index in [1.165, 1.54) is 23.5 Å². The zero-order chi connectivity index (χ0) is 19.6. The number of thiophene rings is 1. The van der Waals surface area contributed by atoms with Crippen LogP contribution in [0.3, 0.4) is 0 Å². The number of sulfonamides is 1. The molecule has 0 aliphatic heterocycles. The van der Waals surface area contributed by atoms with Crippen LogP contribution in [0.25, 0.3) is 11.3 Å². The van der Waals surface area contributed by atoms with Crippen molar-refractivity contribution in [1.82, 2.24) is 4.98 Å². The zero-order valence-electron chi connectivity index (χ0n) is 14.5. The number of anilines is 2. The van der Waals surface area contributed by atoms with Crippen LogP contribution in [0.5, 0.6) is 0 Å². The van der Waals surface area contributed by atoms with E-state index in [1.54, 1.807) is 18.3 Å². The minimum atomic E-state index is -3.45. The monoisotopic (exact) mass is 421 g/mol. The summed E-state index contributed by atoms with van der Waals surface area (Å²) in [6.07, 6.45) is 2.74. The maximum absolute atomic E-state index is 12.6. The molecular weight excluding hydrogens is 406 g/mol. The van der Waals surface area contributed by atoms with E-state index >= 15 is 0 Å². The van der Waals surface area contributed by atoms with Crippen molar-refractivity contribution >= 4 is 50.2 Å². The predicted octanol–water partition coefficient (Wildman–Crippen LogP) is 4.40. The Balaban J connectivity index is 1.84. The number of nitrogens with zero attached hydrogens (tertiary/aromatic N) is 1. The van der Waals surface area contributed by atoms with Crippen molar-refractivity contribution in [3.05, 3.63) is 63.4 Å². The Morgan fingerprint density at radius 3 is 2.56 bits per heavy atom. The van der Waals surface area contributed by atoms with Crippen molar-refractivity contribution < 1.29 is 13.2 Å². The first-order chi connectivity index (χ1) is 12.7. The molecule has 0 fully saturated rings. The molecule has 6 nitrogen and oxygen atoms in total. The van der Waals surface area contributed by atoms with Gasteiger partial charge in [0.25, 0.3) is 5.91 Å². The van der Waals surface area contributed by atoms with Gasteiger partial charge in [0.15, 0.2) is 0 Å². The standard InChI is InChI=1S/C18H16ClN3O3S2/c1-11-15(16-5-3-4-6-20-16)10-17(26-11)18(23)21-13-7-12(19)8-14(9-13)22-27(2,24)25/h3-10,22H,1-2H3,(H,21,23). The molecule has 0 bridgehead atoms. The predicted molar refractivity (Wildman–Crippen MR) is 110 cm³/mol. The van der Waals surface area contributed by atoms with E-state index in [-0.39, 0.29) is 11.6 Å². The van der Waals surface area contributed by atoms with Gasteiger partial charge in [-0.05, 0) is 43.3 Å². The van der Waals surface area contributed by atoms with E-state index in [9.17, 15) is 13.2 Å². The van der Waals surface area contributed by atoms with E-state index in [0.29, 0.717) is 15.6 Å². The van der Waals surface area contributed by atoms with Gasteiger partial charge in [0.2, 0.25) is 10.0 Å².